The molecule has 1 heterocycles. The molecule has 0 aliphatic heterocycles. The minimum Gasteiger partial charge on any atom is -0.493 e. The van der Waals surface area contributed by atoms with E-state index in [9.17, 15) is 4.79 Å². The van der Waals surface area contributed by atoms with Crippen LogP contribution in [0.25, 0.3) is 0 Å². The van der Waals surface area contributed by atoms with Crippen LogP contribution in [-0.4, -0.2) is 30.1 Å². The van der Waals surface area contributed by atoms with Crippen molar-refractivity contribution in [3.05, 3.63) is 60.3 Å². The molecule has 0 atom stereocenters. The van der Waals surface area contributed by atoms with Crippen LogP contribution >= 0.6 is 0 Å². The number of rotatable bonds is 7. The monoisotopic (exact) mass is 365 g/mol. The number of ether oxygens (including phenoxy) is 2. The molecule has 1 aromatic heterocycles. The van der Waals surface area contributed by atoms with Crippen molar-refractivity contribution >= 4 is 29.0 Å². The molecule has 0 saturated carbocycles. The van der Waals surface area contributed by atoms with E-state index in [1.54, 1.807) is 32.4 Å². The van der Waals surface area contributed by atoms with Crippen molar-refractivity contribution in [3.8, 4) is 11.5 Å². The Bertz CT molecular complexity index is 947. The molecule has 138 valence electrons. The van der Waals surface area contributed by atoms with Crippen molar-refractivity contribution in [2.75, 3.05) is 24.9 Å². The Morgan fingerprint density at radius 1 is 0.963 bits per heavy atom. The molecule has 27 heavy (non-hydrogen) atoms. The van der Waals surface area contributed by atoms with Gasteiger partial charge in [0.2, 0.25) is 5.95 Å². The van der Waals surface area contributed by atoms with Gasteiger partial charge in [-0.25, -0.2) is 4.98 Å². The third-order valence-corrected chi connectivity index (χ3v) is 3.73. The summed E-state index contributed by atoms with van der Waals surface area (Å²) in [5.41, 5.74) is 7.10. The Morgan fingerprint density at radius 3 is 2.37 bits per heavy atom. The minimum absolute atomic E-state index is 0.191. The average Bonchev–Trinajstić information content (AvgIpc) is 2.68. The molecule has 0 fully saturated rings. The lowest BCUT2D eigenvalue weighted by Gasteiger charge is -2.13. The molecule has 2 aromatic carbocycles. The van der Waals surface area contributed by atoms with Gasteiger partial charge in [0.05, 0.1) is 14.2 Å². The summed E-state index contributed by atoms with van der Waals surface area (Å²) in [7, 11) is 3.12. The Labute approximate surface area is 156 Å². The molecular weight excluding hydrogens is 346 g/mol. The van der Waals surface area contributed by atoms with Gasteiger partial charge in [0.25, 0.3) is 5.91 Å². The van der Waals surface area contributed by atoms with Crippen LogP contribution in [0.15, 0.2) is 54.7 Å². The van der Waals surface area contributed by atoms with Crippen LogP contribution in [0.5, 0.6) is 11.5 Å². The second kappa shape index (κ2) is 8.05. The van der Waals surface area contributed by atoms with Gasteiger partial charge in [-0.3, -0.25) is 4.79 Å². The Balaban J connectivity index is 1.90. The quantitative estimate of drug-likeness (QED) is 0.590. The zero-order valence-electron chi connectivity index (χ0n) is 14.9. The minimum atomic E-state index is -0.619. The van der Waals surface area contributed by atoms with E-state index >= 15 is 0 Å². The number of methoxy groups -OCH3 is 2. The van der Waals surface area contributed by atoms with Crippen molar-refractivity contribution in [1.82, 2.24) is 9.97 Å². The summed E-state index contributed by atoms with van der Waals surface area (Å²) in [5, 5.41) is 6.16. The number of primary amides is 1. The van der Waals surface area contributed by atoms with Crippen molar-refractivity contribution in [1.29, 1.82) is 0 Å². The van der Waals surface area contributed by atoms with Crippen molar-refractivity contribution in [2.45, 2.75) is 0 Å². The zero-order chi connectivity index (χ0) is 19.2. The first-order valence-corrected chi connectivity index (χ1v) is 8.08. The number of hydrogen-bond acceptors (Lipinski definition) is 7. The first-order valence-electron chi connectivity index (χ1n) is 8.08. The van der Waals surface area contributed by atoms with Crippen LogP contribution in [0.4, 0.5) is 23.1 Å². The van der Waals surface area contributed by atoms with Gasteiger partial charge in [0.15, 0.2) is 11.5 Å². The van der Waals surface area contributed by atoms with Crippen molar-refractivity contribution in [3.63, 3.8) is 0 Å². The van der Waals surface area contributed by atoms with Crippen LogP contribution in [0, 0.1) is 0 Å². The summed E-state index contributed by atoms with van der Waals surface area (Å²) in [4.78, 5) is 20.2. The van der Waals surface area contributed by atoms with Crippen LogP contribution in [0.3, 0.4) is 0 Å². The van der Waals surface area contributed by atoms with Gasteiger partial charge in [-0.15, -0.1) is 0 Å². The van der Waals surface area contributed by atoms with E-state index in [1.165, 1.54) is 6.20 Å². The Hall–Kier alpha value is -3.81. The molecule has 3 rings (SSSR count). The maximum Gasteiger partial charge on any atom is 0.254 e. The summed E-state index contributed by atoms with van der Waals surface area (Å²) in [6.45, 7) is 0. The van der Waals surface area contributed by atoms with E-state index in [-0.39, 0.29) is 5.56 Å². The molecule has 0 unspecified atom stereocenters. The molecule has 3 aromatic rings. The number of nitrogens with one attached hydrogen (secondary N) is 2. The normalized spacial score (nSPS) is 10.1. The predicted octanol–water partition coefficient (Wildman–Crippen LogP) is 3.08. The summed E-state index contributed by atoms with van der Waals surface area (Å²) in [5.74, 6) is 1.17. The molecule has 0 spiro atoms. The van der Waals surface area contributed by atoms with Gasteiger partial charge in [-0.05, 0) is 24.3 Å². The Kier molecular flexibility index (Phi) is 5.36. The second-order valence-electron chi connectivity index (χ2n) is 5.51. The van der Waals surface area contributed by atoms with Gasteiger partial charge < -0.3 is 25.8 Å². The third kappa shape index (κ3) is 4.24. The summed E-state index contributed by atoms with van der Waals surface area (Å²) in [6, 6.07) is 14.7. The summed E-state index contributed by atoms with van der Waals surface area (Å²) >= 11 is 0. The standard InChI is InChI=1S/C19H19N5O3/c1-26-15-9-8-13(10-16(15)27-2)23-19-21-11-14(17(20)25)18(24-19)22-12-6-4-3-5-7-12/h3-11H,1-2H3,(H2,20,25)(H2,21,22,23,24). The number of aromatic nitrogens is 2. The number of carbonyl (C=O) groups excluding carboxylic acids is 1. The number of carbonyl (C=O) groups is 1. The third-order valence-electron chi connectivity index (χ3n) is 3.73. The predicted molar refractivity (Wildman–Crippen MR) is 103 cm³/mol. The van der Waals surface area contributed by atoms with E-state index in [4.69, 9.17) is 15.2 Å². The lowest BCUT2D eigenvalue weighted by molar-refractivity contribution is 0.100. The van der Waals surface area contributed by atoms with Gasteiger partial charge in [0, 0.05) is 23.6 Å². The number of para-hydroxylation sites is 1. The lowest BCUT2D eigenvalue weighted by atomic mass is 10.2. The van der Waals surface area contributed by atoms with E-state index < -0.39 is 5.91 Å². The molecule has 1 amide bonds. The molecule has 0 saturated heterocycles. The number of nitrogens with two attached hydrogens (primary N) is 1. The highest BCUT2D eigenvalue weighted by atomic mass is 16.5. The smallest absolute Gasteiger partial charge is 0.254 e. The molecule has 0 radical (unpaired) electrons. The first-order chi connectivity index (χ1) is 13.1. The van der Waals surface area contributed by atoms with Gasteiger partial charge in [-0.1, -0.05) is 18.2 Å². The van der Waals surface area contributed by atoms with Gasteiger partial charge in [0.1, 0.15) is 11.4 Å². The average molecular weight is 365 g/mol. The highest BCUT2D eigenvalue weighted by Gasteiger charge is 2.13. The van der Waals surface area contributed by atoms with E-state index in [2.05, 4.69) is 20.6 Å². The van der Waals surface area contributed by atoms with Crippen LogP contribution in [0.1, 0.15) is 10.4 Å². The summed E-state index contributed by atoms with van der Waals surface area (Å²) < 4.78 is 10.5. The summed E-state index contributed by atoms with van der Waals surface area (Å²) in [6.07, 6.45) is 1.38. The highest BCUT2D eigenvalue weighted by molar-refractivity contribution is 5.98. The molecule has 4 N–H and O–H groups in total. The van der Waals surface area contributed by atoms with Crippen LogP contribution in [0.2, 0.25) is 0 Å². The maximum atomic E-state index is 11.7. The number of amides is 1. The van der Waals surface area contributed by atoms with E-state index in [0.29, 0.717) is 29.0 Å². The van der Waals surface area contributed by atoms with Crippen molar-refractivity contribution < 1.29 is 14.3 Å². The second-order valence-corrected chi connectivity index (χ2v) is 5.51. The largest absolute Gasteiger partial charge is 0.493 e. The zero-order valence-corrected chi connectivity index (χ0v) is 14.9. The lowest BCUT2D eigenvalue weighted by Crippen LogP contribution is -2.15. The fourth-order valence-corrected chi connectivity index (χ4v) is 2.42. The molecule has 0 aliphatic rings. The number of nitrogens with zero attached hydrogens (tertiary/aromatic N) is 2. The van der Waals surface area contributed by atoms with Gasteiger partial charge >= 0.3 is 0 Å². The number of anilines is 4. The fourth-order valence-electron chi connectivity index (χ4n) is 2.42. The Morgan fingerprint density at radius 2 is 1.70 bits per heavy atom. The molecule has 0 aliphatic carbocycles. The maximum absolute atomic E-state index is 11.7. The van der Waals surface area contributed by atoms with E-state index in [1.807, 2.05) is 30.3 Å². The number of benzene rings is 2. The number of hydrogen-bond donors (Lipinski definition) is 3. The van der Waals surface area contributed by atoms with Gasteiger partial charge in [-0.2, -0.15) is 4.98 Å². The first kappa shape index (κ1) is 18.0. The SMILES string of the molecule is COc1ccc(Nc2ncc(C(N)=O)c(Nc3ccccc3)n2)cc1OC. The fraction of sp³-hybridized carbons (Fsp3) is 0.105. The van der Waals surface area contributed by atoms with Crippen LogP contribution in [-0.2, 0) is 0 Å². The molecule has 8 nitrogen and oxygen atoms in total. The van der Waals surface area contributed by atoms with Crippen molar-refractivity contribution in [2.24, 2.45) is 5.73 Å². The molecular formula is C19H19N5O3. The molecule has 8 heteroatoms. The topological polar surface area (TPSA) is 111 Å². The van der Waals surface area contributed by atoms with Crippen LogP contribution < -0.4 is 25.8 Å². The van der Waals surface area contributed by atoms with E-state index in [0.717, 1.165) is 5.69 Å². The highest BCUT2D eigenvalue weighted by Crippen LogP contribution is 2.31. The molecule has 0 bridgehead atoms.